The van der Waals surface area contributed by atoms with Gasteiger partial charge in [-0.15, -0.1) is 0 Å². The highest BCUT2D eigenvalue weighted by atomic mass is 16.5. The highest BCUT2D eigenvalue weighted by Crippen LogP contribution is 2.27. The first-order valence-electron chi connectivity index (χ1n) is 11.7. The number of rotatable bonds is 2. The molecule has 34 heavy (non-hydrogen) atoms. The van der Waals surface area contributed by atoms with E-state index in [1.807, 2.05) is 0 Å². The van der Waals surface area contributed by atoms with Crippen molar-refractivity contribution >= 4 is 11.8 Å². The predicted molar refractivity (Wildman–Crippen MR) is 125 cm³/mol. The number of amides is 2. The van der Waals surface area contributed by atoms with Crippen LogP contribution in [0.4, 0.5) is 0 Å². The lowest BCUT2D eigenvalue weighted by Gasteiger charge is -2.38. The van der Waals surface area contributed by atoms with Crippen LogP contribution in [0.5, 0.6) is 5.75 Å². The molecule has 0 unspecified atom stereocenters. The van der Waals surface area contributed by atoms with E-state index in [-0.39, 0.29) is 36.7 Å². The average Bonchev–Trinajstić information content (AvgIpc) is 2.85. The lowest BCUT2D eigenvalue weighted by molar-refractivity contribution is -0.154. The fourth-order valence-electron chi connectivity index (χ4n) is 4.64. The van der Waals surface area contributed by atoms with Crippen LogP contribution < -0.4 is 4.74 Å². The molecule has 2 heterocycles. The van der Waals surface area contributed by atoms with Crippen LogP contribution in [-0.4, -0.2) is 94.0 Å². The maximum atomic E-state index is 13.3. The zero-order valence-electron chi connectivity index (χ0n) is 20.7. The molecule has 9 heteroatoms. The van der Waals surface area contributed by atoms with E-state index in [4.69, 9.17) is 18.9 Å². The number of methoxy groups -OCH3 is 2. The molecule has 0 N–H and O–H groups in total. The maximum Gasteiger partial charge on any atom is 0.257 e. The van der Waals surface area contributed by atoms with Crippen molar-refractivity contribution in [2.24, 2.45) is 5.92 Å². The van der Waals surface area contributed by atoms with Gasteiger partial charge < -0.3 is 28.7 Å². The molecule has 0 saturated carbocycles. The van der Waals surface area contributed by atoms with Crippen molar-refractivity contribution in [2.75, 3.05) is 48.0 Å². The summed E-state index contributed by atoms with van der Waals surface area (Å²) >= 11 is 0. The Kier molecular flexibility index (Phi) is 8.89. The first-order chi connectivity index (χ1) is 16.3. The number of hydrogen-bond donors (Lipinski definition) is 0. The Balaban J connectivity index is 1.93. The molecule has 1 aromatic carbocycles. The molecular formula is C25H35N3O6. The van der Waals surface area contributed by atoms with Gasteiger partial charge in [0.2, 0.25) is 5.91 Å². The zero-order valence-corrected chi connectivity index (χ0v) is 20.7. The number of fused-ring (bicyclic) bond motifs is 3. The Morgan fingerprint density at radius 1 is 1.03 bits per heavy atom. The molecule has 3 rings (SSSR count). The van der Waals surface area contributed by atoms with Crippen LogP contribution in [-0.2, 0) is 19.0 Å². The minimum atomic E-state index is -0.515. The standard InChI is InChI=1S/C25H35N3O6/c1-16-22(32-5)14-28(3)25(30)19-12-17(13-26)6-8-20(19)33-11-10-18-7-9-21(31-4)23(34-18)15-27(2)24(16)29/h6,8,12,16,18,21-23H,7,9-11,14-15H2,1-5H3/t16-,18+,21+,22+,23+/m0/s1. The summed E-state index contributed by atoms with van der Waals surface area (Å²) in [7, 11) is 6.61. The molecule has 1 aromatic rings. The normalized spacial score (nSPS) is 29.2. The number of ether oxygens (including phenoxy) is 4. The molecule has 2 aliphatic rings. The first kappa shape index (κ1) is 25.9. The Hall–Kier alpha value is -2.67. The lowest BCUT2D eigenvalue weighted by atomic mass is 9.97. The third-order valence-electron chi connectivity index (χ3n) is 6.77. The Labute approximate surface area is 201 Å². The van der Waals surface area contributed by atoms with Crippen LogP contribution in [0.1, 0.15) is 42.1 Å². The van der Waals surface area contributed by atoms with Gasteiger partial charge in [-0.25, -0.2) is 0 Å². The summed E-state index contributed by atoms with van der Waals surface area (Å²) in [6.07, 6.45) is 1.39. The SMILES string of the molecule is CO[C@@H]1CN(C)C(=O)c2cc(C#N)ccc2OCC[C@H]2CC[C@@H](OC)[C@@H](CN(C)C(=O)[C@H]1C)O2. The molecule has 186 valence electrons. The van der Waals surface area contributed by atoms with Gasteiger partial charge in [0.05, 0.1) is 48.0 Å². The highest BCUT2D eigenvalue weighted by Gasteiger charge is 2.35. The van der Waals surface area contributed by atoms with Crippen LogP contribution in [0.15, 0.2) is 18.2 Å². The molecule has 0 aliphatic carbocycles. The van der Waals surface area contributed by atoms with E-state index in [1.54, 1.807) is 45.2 Å². The second-order valence-electron chi connectivity index (χ2n) is 9.08. The zero-order chi connectivity index (χ0) is 24.8. The van der Waals surface area contributed by atoms with Gasteiger partial charge in [-0.2, -0.15) is 5.26 Å². The van der Waals surface area contributed by atoms with E-state index in [2.05, 4.69) is 6.07 Å². The minimum absolute atomic E-state index is 0.0443. The van der Waals surface area contributed by atoms with E-state index in [9.17, 15) is 14.9 Å². The van der Waals surface area contributed by atoms with Crippen molar-refractivity contribution in [3.8, 4) is 11.8 Å². The highest BCUT2D eigenvalue weighted by molar-refractivity contribution is 5.97. The Bertz CT molecular complexity index is 916. The third-order valence-corrected chi connectivity index (χ3v) is 6.77. The maximum absolute atomic E-state index is 13.3. The van der Waals surface area contributed by atoms with Crippen LogP contribution in [0.25, 0.3) is 0 Å². The second-order valence-corrected chi connectivity index (χ2v) is 9.08. The van der Waals surface area contributed by atoms with Crippen molar-refractivity contribution < 1.29 is 28.5 Å². The second kappa shape index (κ2) is 11.6. The van der Waals surface area contributed by atoms with Gasteiger partial charge in [0.25, 0.3) is 5.91 Å². The number of benzene rings is 1. The molecule has 0 radical (unpaired) electrons. The summed E-state index contributed by atoms with van der Waals surface area (Å²) in [6, 6.07) is 6.90. The first-order valence-corrected chi connectivity index (χ1v) is 11.7. The number of nitriles is 1. The van der Waals surface area contributed by atoms with Crippen LogP contribution in [0.2, 0.25) is 0 Å². The molecule has 0 aromatic heterocycles. The molecule has 5 atom stereocenters. The number of hydrogen-bond acceptors (Lipinski definition) is 7. The van der Waals surface area contributed by atoms with E-state index in [1.165, 1.54) is 18.1 Å². The Morgan fingerprint density at radius 2 is 1.76 bits per heavy atom. The minimum Gasteiger partial charge on any atom is -0.493 e. The van der Waals surface area contributed by atoms with Crippen molar-refractivity contribution in [2.45, 2.75) is 50.6 Å². The largest absolute Gasteiger partial charge is 0.493 e. The topological polar surface area (TPSA) is 101 Å². The molecule has 1 fully saturated rings. The number of carbonyl (C=O) groups excluding carboxylic acids is 2. The molecule has 2 amide bonds. The van der Waals surface area contributed by atoms with E-state index in [0.29, 0.717) is 36.4 Å². The lowest BCUT2D eigenvalue weighted by Crippen LogP contribution is -2.50. The van der Waals surface area contributed by atoms with Crippen LogP contribution >= 0.6 is 0 Å². The van der Waals surface area contributed by atoms with E-state index >= 15 is 0 Å². The van der Waals surface area contributed by atoms with E-state index in [0.717, 1.165) is 12.8 Å². The number of likely N-dealkylation sites (N-methyl/N-ethyl adjacent to an activating group) is 2. The molecule has 9 nitrogen and oxygen atoms in total. The van der Waals surface area contributed by atoms with Crippen molar-refractivity contribution in [3.05, 3.63) is 29.3 Å². The summed E-state index contributed by atoms with van der Waals surface area (Å²) < 4.78 is 23.6. The quantitative estimate of drug-likeness (QED) is 0.648. The van der Waals surface area contributed by atoms with Crippen LogP contribution in [0, 0.1) is 17.2 Å². The van der Waals surface area contributed by atoms with Gasteiger partial charge >= 0.3 is 0 Å². The number of nitrogens with zero attached hydrogens (tertiary/aromatic N) is 3. The molecular weight excluding hydrogens is 438 g/mol. The van der Waals surface area contributed by atoms with Gasteiger partial charge in [0, 0.05) is 47.8 Å². The van der Waals surface area contributed by atoms with Gasteiger partial charge in [-0.05, 0) is 31.0 Å². The third kappa shape index (κ3) is 5.87. The van der Waals surface area contributed by atoms with Gasteiger partial charge in [-0.3, -0.25) is 9.59 Å². The summed E-state index contributed by atoms with van der Waals surface area (Å²) in [5.41, 5.74) is 0.678. The molecule has 0 spiro atoms. The summed E-state index contributed by atoms with van der Waals surface area (Å²) in [5, 5.41) is 9.33. The van der Waals surface area contributed by atoms with Gasteiger partial charge in [-0.1, -0.05) is 6.92 Å². The van der Waals surface area contributed by atoms with E-state index < -0.39 is 12.0 Å². The predicted octanol–water partition coefficient (Wildman–Crippen LogP) is 2.08. The van der Waals surface area contributed by atoms with Gasteiger partial charge in [0.15, 0.2) is 0 Å². The summed E-state index contributed by atoms with van der Waals surface area (Å²) in [4.78, 5) is 29.7. The Morgan fingerprint density at radius 3 is 2.44 bits per heavy atom. The fraction of sp³-hybridized carbons (Fsp3) is 0.640. The summed E-state index contributed by atoms with van der Waals surface area (Å²) in [5.74, 6) is -0.454. The van der Waals surface area contributed by atoms with Gasteiger partial charge in [0.1, 0.15) is 11.9 Å². The van der Waals surface area contributed by atoms with Crippen molar-refractivity contribution in [1.29, 1.82) is 5.26 Å². The van der Waals surface area contributed by atoms with Crippen LogP contribution in [0.3, 0.4) is 0 Å². The van der Waals surface area contributed by atoms with Crippen molar-refractivity contribution in [1.82, 2.24) is 9.80 Å². The molecule has 1 saturated heterocycles. The number of carbonyl (C=O) groups is 2. The molecule has 2 aliphatic heterocycles. The monoisotopic (exact) mass is 473 g/mol. The average molecular weight is 474 g/mol. The molecule has 2 bridgehead atoms. The van der Waals surface area contributed by atoms with Crippen molar-refractivity contribution in [3.63, 3.8) is 0 Å². The smallest absolute Gasteiger partial charge is 0.257 e. The summed E-state index contributed by atoms with van der Waals surface area (Å²) in [6.45, 7) is 2.77. The fourth-order valence-corrected chi connectivity index (χ4v) is 4.64.